The molecule has 2 rings (SSSR count). The number of nitrogens with two attached hydrogens (primary N) is 1. The van der Waals surface area contributed by atoms with E-state index in [2.05, 4.69) is 15.9 Å². The molecule has 1 amide bonds. The second-order valence-electron chi connectivity index (χ2n) is 3.91. The van der Waals surface area contributed by atoms with Crippen LogP contribution < -0.4 is 10.6 Å². The lowest BCUT2D eigenvalue weighted by molar-refractivity contribution is -0.134. The van der Waals surface area contributed by atoms with Crippen LogP contribution in [0.1, 0.15) is 6.42 Å². The molecule has 2 N–H and O–H groups in total. The van der Waals surface area contributed by atoms with Crippen molar-refractivity contribution >= 4 is 27.5 Å². The number of rotatable bonds is 3. The SMILES string of the molecule is NCCC1OCCN(c2cccc(Br)c2)C1=O. The molecule has 0 aliphatic carbocycles. The second kappa shape index (κ2) is 5.62. The van der Waals surface area contributed by atoms with Gasteiger partial charge in [0.1, 0.15) is 6.10 Å². The van der Waals surface area contributed by atoms with Crippen molar-refractivity contribution in [2.45, 2.75) is 12.5 Å². The summed E-state index contributed by atoms with van der Waals surface area (Å²) in [5.74, 6) is -0.000185. The maximum absolute atomic E-state index is 12.2. The molecule has 1 aromatic carbocycles. The Balaban J connectivity index is 2.17. The number of anilines is 1. The highest BCUT2D eigenvalue weighted by atomic mass is 79.9. The smallest absolute Gasteiger partial charge is 0.256 e. The van der Waals surface area contributed by atoms with Crippen molar-refractivity contribution in [3.63, 3.8) is 0 Å². The third kappa shape index (κ3) is 2.86. The largest absolute Gasteiger partial charge is 0.366 e. The molecule has 1 aromatic rings. The molecule has 4 nitrogen and oxygen atoms in total. The monoisotopic (exact) mass is 298 g/mol. The molecule has 1 unspecified atom stereocenters. The molecule has 0 saturated carbocycles. The summed E-state index contributed by atoms with van der Waals surface area (Å²) in [6, 6.07) is 7.71. The minimum atomic E-state index is -0.396. The molecule has 1 fully saturated rings. The molecule has 0 spiro atoms. The minimum Gasteiger partial charge on any atom is -0.366 e. The lowest BCUT2D eigenvalue weighted by Gasteiger charge is -2.32. The van der Waals surface area contributed by atoms with E-state index in [1.54, 1.807) is 4.90 Å². The number of nitrogens with zero attached hydrogens (tertiary/aromatic N) is 1. The summed E-state index contributed by atoms with van der Waals surface area (Å²) in [6.45, 7) is 1.61. The van der Waals surface area contributed by atoms with Crippen molar-refractivity contribution < 1.29 is 9.53 Å². The van der Waals surface area contributed by atoms with Gasteiger partial charge >= 0.3 is 0 Å². The van der Waals surface area contributed by atoms with Crippen LogP contribution in [0.5, 0.6) is 0 Å². The molecule has 1 heterocycles. The summed E-state index contributed by atoms with van der Waals surface area (Å²) in [5.41, 5.74) is 6.37. The summed E-state index contributed by atoms with van der Waals surface area (Å²) < 4.78 is 6.39. The standard InChI is InChI=1S/C12H15BrN2O2/c13-9-2-1-3-10(8-9)15-6-7-17-11(4-5-14)12(15)16/h1-3,8,11H,4-7,14H2. The lowest BCUT2D eigenvalue weighted by atomic mass is 10.1. The predicted molar refractivity (Wildman–Crippen MR) is 69.9 cm³/mol. The summed E-state index contributed by atoms with van der Waals surface area (Å²) in [7, 11) is 0. The average molecular weight is 299 g/mol. The maximum Gasteiger partial charge on any atom is 0.256 e. The third-order valence-electron chi connectivity index (χ3n) is 2.72. The van der Waals surface area contributed by atoms with E-state index in [0.29, 0.717) is 26.1 Å². The van der Waals surface area contributed by atoms with Gasteiger partial charge in [-0.1, -0.05) is 22.0 Å². The van der Waals surface area contributed by atoms with Crippen LogP contribution in [0.3, 0.4) is 0 Å². The highest BCUT2D eigenvalue weighted by Crippen LogP contribution is 2.23. The van der Waals surface area contributed by atoms with Crippen molar-refractivity contribution in [1.82, 2.24) is 0 Å². The summed E-state index contributed by atoms with van der Waals surface area (Å²) in [5, 5.41) is 0. The first kappa shape index (κ1) is 12.5. The number of hydrogen-bond donors (Lipinski definition) is 1. The van der Waals surface area contributed by atoms with Crippen LogP contribution in [0.4, 0.5) is 5.69 Å². The van der Waals surface area contributed by atoms with E-state index in [9.17, 15) is 4.79 Å². The number of ether oxygens (including phenoxy) is 1. The Hall–Kier alpha value is -0.910. The van der Waals surface area contributed by atoms with Crippen LogP contribution >= 0.6 is 15.9 Å². The van der Waals surface area contributed by atoms with Crippen molar-refractivity contribution in [2.75, 3.05) is 24.6 Å². The van der Waals surface area contributed by atoms with Gasteiger partial charge in [0.2, 0.25) is 0 Å². The molecule has 0 aromatic heterocycles. The topological polar surface area (TPSA) is 55.6 Å². The zero-order valence-corrected chi connectivity index (χ0v) is 11.0. The highest BCUT2D eigenvalue weighted by molar-refractivity contribution is 9.10. The van der Waals surface area contributed by atoms with Gasteiger partial charge in [-0.2, -0.15) is 0 Å². The van der Waals surface area contributed by atoms with E-state index in [1.165, 1.54) is 0 Å². The van der Waals surface area contributed by atoms with E-state index in [-0.39, 0.29) is 5.91 Å². The van der Waals surface area contributed by atoms with Gasteiger partial charge in [-0.15, -0.1) is 0 Å². The molecule has 1 aliphatic rings. The summed E-state index contributed by atoms with van der Waals surface area (Å²) in [6.07, 6.45) is 0.177. The van der Waals surface area contributed by atoms with E-state index >= 15 is 0 Å². The van der Waals surface area contributed by atoms with E-state index < -0.39 is 6.10 Å². The third-order valence-corrected chi connectivity index (χ3v) is 3.22. The molecule has 1 saturated heterocycles. The summed E-state index contributed by atoms with van der Waals surface area (Å²) in [4.78, 5) is 13.9. The van der Waals surface area contributed by atoms with Gasteiger partial charge in [0.25, 0.3) is 5.91 Å². The van der Waals surface area contributed by atoms with Crippen LogP contribution in [0.25, 0.3) is 0 Å². The molecule has 0 radical (unpaired) electrons. The molecule has 92 valence electrons. The van der Waals surface area contributed by atoms with Crippen LogP contribution in [0.15, 0.2) is 28.7 Å². The number of amides is 1. The summed E-state index contributed by atoms with van der Waals surface area (Å²) >= 11 is 3.41. The Labute approximate surface area is 109 Å². The second-order valence-corrected chi connectivity index (χ2v) is 4.82. The number of carbonyl (C=O) groups is 1. The first-order valence-electron chi connectivity index (χ1n) is 5.61. The normalized spacial score (nSPS) is 20.7. The molecule has 17 heavy (non-hydrogen) atoms. The van der Waals surface area contributed by atoms with Crippen molar-refractivity contribution in [2.24, 2.45) is 5.73 Å². The Morgan fingerprint density at radius 2 is 2.35 bits per heavy atom. The number of benzene rings is 1. The minimum absolute atomic E-state index is 0.000185. The number of halogens is 1. The van der Waals surface area contributed by atoms with Crippen LogP contribution in [0.2, 0.25) is 0 Å². The zero-order chi connectivity index (χ0) is 12.3. The fraction of sp³-hybridized carbons (Fsp3) is 0.417. The van der Waals surface area contributed by atoms with Gasteiger partial charge in [0.05, 0.1) is 6.61 Å². The highest BCUT2D eigenvalue weighted by Gasteiger charge is 2.29. The maximum atomic E-state index is 12.2. The van der Waals surface area contributed by atoms with E-state index in [1.807, 2.05) is 24.3 Å². The molecule has 1 atom stereocenters. The van der Waals surface area contributed by atoms with Crippen molar-refractivity contribution in [3.05, 3.63) is 28.7 Å². The van der Waals surface area contributed by atoms with Gasteiger partial charge in [0, 0.05) is 16.7 Å². The quantitative estimate of drug-likeness (QED) is 0.921. The number of morpholine rings is 1. The average Bonchev–Trinajstić information content (AvgIpc) is 2.32. The number of carbonyl (C=O) groups excluding carboxylic acids is 1. The van der Waals surface area contributed by atoms with Crippen molar-refractivity contribution in [1.29, 1.82) is 0 Å². The first-order chi connectivity index (χ1) is 8.22. The zero-order valence-electron chi connectivity index (χ0n) is 9.43. The Morgan fingerprint density at radius 3 is 3.06 bits per heavy atom. The fourth-order valence-electron chi connectivity index (χ4n) is 1.90. The number of hydrogen-bond acceptors (Lipinski definition) is 3. The molecule has 1 aliphatic heterocycles. The molecule has 5 heteroatoms. The predicted octanol–water partition coefficient (Wildman–Crippen LogP) is 1.53. The van der Waals surface area contributed by atoms with Gasteiger partial charge < -0.3 is 15.4 Å². The van der Waals surface area contributed by atoms with Crippen LogP contribution in [0, 0.1) is 0 Å². The first-order valence-corrected chi connectivity index (χ1v) is 6.40. The van der Waals surface area contributed by atoms with E-state index in [0.717, 1.165) is 10.2 Å². The molecular weight excluding hydrogens is 284 g/mol. The van der Waals surface area contributed by atoms with Gasteiger partial charge in [-0.05, 0) is 31.2 Å². The van der Waals surface area contributed by atoms with Crippen molar-refractivity contribution in [3.8, 4) is 0 Å². The van der Waals surface area contributed by atoms with Crippen LogP contribution in [-0.2, 0) is 9.53 Å². The Kier molecular flexibility index (Phi) is 4.15. The van der Waals surface area contributed by atoms with Gasteiger partial charge in [-0.3, -0.25) is 4.79 Å². The fourth-order valence-corrected chi connectivity index (χ4v) is 2.29. The van der Waals surface area contributed by atoms with E-state index in [4.69, 9.17) is 10.5 Å². The van der Waals surface area contributed by atoms with Crippen LogP contribution in [-0.4, -0.2) is 31.7 Å². The van der Waals surface area contributed by atoms with Gasteiger partial charge in [-0.25, -0.2) is 0 Å². The Bertz CT molecular complexity index is 409. The Morgan fingerprint density at radius 1 is 1.53 bits per heavy atom. The molecular formula is C12H15BrN2O2. The lowest BCUT2D eigenvalue weighted by Crippen LogP contribution is -2.48. The molecule has 0 bridgehead atoms. The van der Waals surface area contributed by atoms with Gasteiger partial charge in [0.15, 0.2) is 0 Å².